The number of aryl methyl sites for hydroxylation is 1. The number of benzene rings is 3. The minimum atomic E-state index is -1.02. The number of amides is 1. The molecule has 1 N–H and O–H groups in total. The molecule has 0 saturated carbocycles. The van der Waals surface area contributed by atoms with E-state index in [1.807, 2.05) is 19.9 Å². The first-order chi connectivity index (χ1) is 17.9. The van der Waals surface area contributed by atoms with Crippen LogP contribution in [-0.2, 0) is 9.59 Å². The normalized spacial score (nSPS) is 16.4. The van der Waals surface area contributed by atoms with E-state index < -0.39 is 17.7 Å². The minimum absolute atomic E-state index is 0.0931. The molecule has 0 aliphatic carbocycles. The van der Waals surface area contributed by atoms with E-state index >= 15 is 0 Å². The lowest BCUT2D eigenvalue weighted by Crippen LogP contribution is -2.29. The molecule has 1 saturated heterocycles. The second kappa shape index (κ2) is 10.5. The van der Waals surface area contributed by atoms with Crippen molar-refractivity contribution in [3.05, 3.63) is 88.5 Å². The van der Waals surface area contributed by atoms with Crippen LogP contribution < -0.4 is 19.1 Å². The SMILES string of the molecule is CCOc1ccc(/C(O)=C2/C(=O)C(=O)N(c3ccc(C#N)cc3)C2c2cccc(OC)c2OC)cc1C. The first kappa shape index (κ1) is 25.3. The van der Waals surface area contributed by atoms with Crippen LogP contribution in [0.4, 0.5) is 5.69 Å². The first-order valence-corrected chi connectivity index (χ1v) is 11.6. The molecule has 8 nitrogen and oxygen atoms in total. The molecule has 3 aromatic carbocycles. The van der Waals surface area contributed by atoms with Crippen molar-refractivity contribution in [2.75, 3.05) is 25.7 Å². The third-order valence-corrected chi connectivity index (χ3v) is 6.20. The fourth-order valence-corrected chi connectivity index (χ4v) is 4.49. The Morgan fingerprint density at radius 1 is 1.03 bits per heavy atom. The molecule has 4 rings (SSSR count). The van der Waals surface area contributed by atoms with Gasteiger partial charge in [-0.15, -0.1) is 0 Å². The molecule has 1 heterocycles. The highest BCUT2D eigenvalue weighted by Crippen LogP contribution is 2.47. The number of methoxy groups -OCH3 is 2. The molecule has 0 spiro atoms. The average molecular weight is 499 g/mol. The predicted octanol–water partition coefficient (Wildman–Crippen LogP) is 4.91. The third kappa shape index (κ3) is 4.47. The number of para-hydroxylation sites is 1. The zero-order valence-electron chi connectivity index (χ0n) is 20.9. The summed E-state index contributed by atoms with van der Waals surface area (Å²) in [5.41, 5.74) is 2.28. The second-order valence-corrected chi connectivity index (χ2v) is 8.32. The van der Waals surface area contributed by atoms with Crippen LogP contribution in [-0.4, -0.2) is 37.6 Å². The van der Waals surface area contributed by atoms with E-state index in [0.717, 1.165) is 5.56 Å². The number of anilines is 1. The quantitative estimate of drug-likeness (QED) is 0.280. The summed E-state index contributed by atoms with van der Waals surface area (Å²) in [7, 11) is 2.95. The topological polar surface area (TPSA) is 109 Å². The van der Waals surface area contributed by atoms with Gasteiger partial charge in [0, 0.05) is 16.8 Å². The second-order valence-electron chi connectivity index (χ2n) is 8.32. The van der Waals surface area contributed by atoms with Gasteiger partial charge in [-0.05, 0) is 67.9 Å². The Balaban J connectivity index is 1.98. The van der Waals surface area contributed by atoms with Crippen LogP contribution >= 0.6 is 0 Å². The van der Waals surface area contributed by atoms with Gasteiger partial charge in [0.05, 0.1) is 44.1 Å². The Bertz CT molecular complexity index is 1440. The number of hydrogen-bond donors (Lipinski definition) is 1. The van der Waals surface area contributed by atoms with Crippen molar-refractivity contribution < 1.29 is 28.9 Å². The van der Waals surface area contributed by atoms with Crippen molar-refractivity contribution in [3.63, 3.8) is 0 Å². The van der Waals surface area contributed by atoms with Crippen molar-refractivity contribution in [3.8, 4) is 23.3 Å². The molecule has 8 heteroatoms. The number of ether oxygens (including phenoxy) is 3. The molecule has 3 aromatic rings. The number of aliphatic hydroxyl groups excluding tert-OH is 1. The number of rotatable bonds is 7. The predicted molar refractivity (Wildman–Crippen MR) is 138 cm³/mol. The van der Waals surface area contributed by atoms with Gasteiger partial charge in [0.15, 0.2) is 11.5 Å². The maximum atomic E-state index is 13.5. The molecule has 37 heavy (non-hydrogen) atoms. The van der Waals surface area contributed by atoms with Crippen LogP contribution in [0.15, 0.2) is 66.2 Å². The number of carbonyl (C=O) groups is 2. The highest BCUT2D eigenvalue weighted by Gasteiger charge is 2.48. The van der Waals surface area contributed by atoms with E-state index in [-0.39, 0.29) is 11.3 Å². The number of nitriles is 1. The molecule has 0 radical (unpaired) electrons. The van der Waals surface area contributed by atoms with Gasteiger partial charge in [-0.3, -0.25) is 14.5 Å². The number of aliphatic hydroxyl groups is 1. The molecule has 1 aliphatic heterocycles. The summed E-state index contributed by atoms with van der Waals surface area (Å²) in [5, 5.41) is 20.6. The van der Waals surface area contributed by atoms with Crippen LogP contribution in [0.2, 0.25) is 0 Å². The standard InChI is InChI=1S/C29H26N2O6/c1-5-37-22-14-11-19(15-17(22)2)26(32)24-25(21-7-6-8-23(35-3)28(21)36-4)31(29(34)27(24)33)20-12-9-18(16-30)10-13-20/h6-15,25,32H,5H2,1-4H3/b26-24-. The summed E-state index contributed by atoms with van der Waals surface area (Å²) in [6, 6.07) is 17.5. The van der Waals surface area contributed by atoms with E-state index in [4.69, 9.17) is 14.2 Å². The van der Waals surface area contributed by atoms with Crippen LogP contribution in [0.1, 0.15) is 35.2 Å². The van der Waals surface area contributed by atoms with Crippen LogP contribution in [0.25, 0.3) is 5.76 Å². The maximum Gasteiger partial charge on any atom is 0.300 e. The summed E-state index contributed by atoms with van der Waals surface area (Å²) in [6.07, 6.45) is 0. The van der Waals surface area contributed by atoms with Crippen molar-refractivity contribution in [2.24, 2.45) is 0 Å². The fraction of sp³-hybridized carbons (Fsp3) is 0.207. The highest BCUT2D eigenvalue weighted by atomic mass is 16.5. The van der Waals surface area contributed by atoms with Gasteiger partial charge in [0.25, 0.3) is 11.7 Å². The molecule has 1 amide bonds. The highest BCUT2D eigenvalue weighted by molar-refractivity contribution is 6.51. The van der Waals surface area contributed by atoms with Crippen LogP contribution in [0, 0.1) is 18.3 Å². The average Bonchev–Trinajstić information content (AvgIpc) is 3.18. The van der Waals surface area contributed by atoms with Gasteiger partial charge in [-0.2, -0.15) is 5.26 Å². The van der Waals surface area contributed by atoms with Crippen molar-refractivity contribution >= 4 is 23.1 Å². The zero-order valence-corrected chi connectivity index (χ0v) is 20.9. The van der Waals surface area contributed by atoms with E-state index in [1.54, 1.807) is 60.7 Å². The number of ketones is 1. The van der Waals surface area contributed by atoms with Gasteiger partial charge in [0.2, 0.25) is 0 Å². The summed E-state index contributed by atoms with van der Waals surface area (Å²) in [4.78, 5) is 28.2. The van der Waals surface area contributed by atoms with E-state index in [0.29, 0.717) is 46.2 Å². The summed E-state index contributed by atoms with van der Waals surface area (Å²) in [5.74, 6) is -0.600. The van der Waals surface area contributed by atoms with Gasteiger partial charge in [0.1, 0.15) is 11.5 Å². The van der Waals surface area contributed by atoms with Crippen LogP contribution in [0.5, 0.6) is 17.2 Å². The minimum Gasteiger partial charge on any atom is -0.507 e. The summed E-state index contributed by atoms with van der Waals surface area (Å²) >= 11 is 0. The lowest BCUT2D eigenvalue weighted by atomic mass is 9.93. The Kier molecular flexibility index (Phi) is 7.16. The Hall–Kier alpha value is -4.77. The summed E-state index contributed by atoms with van der Waals surface area (Å²) in [6.45, 7) is 4.19. The molecule has 0 aromatic heterocycles. The van der Waals surface area contributed by atoms with Crippen molar-refractivity contribution in [1.29, 1.82) is 5.26 Å². The van der Waals surface area contributed by atoms with Crippen LogP contribution in [0.3, 0.4) is 0 Å². The molecule has 188 valence electrons. The maximum absolute atomic E-state index is 13.5. The first-order valence-electron chi connectivity index (χ1n) is 11.6. The fourth-order valence-electron chi connectivity index (χ4n) is 4.49. The molecule has 1 aliphatic rings. The van der Waals surface area contributed by atoms with Gasteiger partial charge in [-0.25, -0.2) is 0 Å². The Morgan fingerprint density at radius 2 is 1.76 bits per heavy atom. The van der Waals surface area contributed by atoms with E-state index in [2.05, 4.69) is 0 Å². The number of Topliss-reactive ketones (excluding diaryl/α,β-unsaturated/α-hetero) is 1. The monoisotopic (exact) mass is 498 g/mol. The van der Waals surface area contributed by atoms with Gasteiger partial charge >= 0.3 is 0 Å². The smallest absolute Gasteiger partial charge is 0.300 e. The molecular weight excluding hydrogens is 472 g/mol. The van der Waals surface area contributed by atoms with Gasteiger partial charge < -0.3 is 19.3 Å². The zero-order chi connectivity index (χ0) is 26.7. The number of hydrogen-bond acceptors (Lipinski definition) is 7. The van der Waals surface area contributed by atoms with E-state index in [1.165, 1.54) is 19.1 Å². The summed E-state index contributed by atoms with van der Waals surface area (Å²) < 4.78 is 16.7. The third-order valence-electron chi connectivity index (χ3n) is 6.20. The molecule has 1 fully saturated rings. The van der Waals surface area contributed by atoms with Crippen molar-refractivity contribution in [1.82, 2.24) is 0 Å². The lowest BCUT2D eigenvalue weighted by molar-refractivity contribution is -0.132. The molecule has 0 bridgehead atoms. The number of nitrogens with zero attached hydrogens (tertiary/aromatic N) is 2. The lowest BCUT2D eigenvalue weighted by Gasteiger charge is -2.27. The molecular formula is C29H26N2O6. The Labute approximate surface area is 214 Å². The number of carbonyl (C=O) groups excluding carboxylic acids is 2. The largest absolute Gasteiger partial charge is 0.507 e. The van der Waals surface area contributed by atoms with Crippen molar-refractivity contribution in [2.45, 2.75) is 19.9 Å². The molecule has 1 atom stereocenters. The van der Waals surface area contributed by atoms with Gasteiger partial charge in [-0.1, -0.05) is 12.1 Å². The Morgan fingerprint density at radius 3 is 2.35 bits per heavy atom. The molecule has 1 unspecified atom stereocenters. The van der Waals surface area contributed by atoms with E-state index in [9.17, 15) is 20.0 Å².